The largest absolute Gasteiger partial charge is 0.376 e. The van der Waals surface area contributed by atoms with Crippen molar-refractivity contribution in [2.75, 3.05) is 6.61 Å². The maximum absolute atomic E-state index is 11.7. The van der Waals surface area contributed by atoms with Crippen molar-refractivity contribution in [3.8, 4) is 0 Å². The second kappa shape index (κ2) is 4.83. The van der Waals surface area contributed by atoms with Crippen LogP contribution in [0.5, 0.6) is 0 Å². The summed E-state index contributed by atoms with van der Waals surface area (Å²) in [6, 6.07) is 0.247. The zero-order valence-corrected chi connectivity index (χ0v) is 10.6. The summed E-state index contributed by atoms with van der Waals surface area (Å²) in [5, 5.41) is 3.09. The lowest BCUT2D eigenvalue weighted by Gasteiger charge is -2.20. The number of rotatable bonds is 4. The Bertz CT molecular complexity index is 243. The maximum atomic E-state index is 11.7. The van der Waals surface area contributed by atoms with E-state index in [1.54, 1.807) is 0 Å². The normalized spacial score (nSPS) is 32.7. The van der Waals surface area contributed by atoms with E-state index >= 15 is 0 Å². The summed E-state index contributed by atoms with van der Waals surface area (Å²) in [6.07, 6.45) is 4.61. The summed E-state index contributed by atoms with van der Waals surface area (Å²) in [6.45, 7) is 2.80. The molecule has 4 heteroatoms. The fourth-order valence-corrected chi connectivity index (χ4v) is 2.25. The Balaban J connectivity index is 1.84. The molecule has 1 N–H and O–H groups in total. The molecule has 86 valence electrons. The Labute approximate surface area is 99.1 Å². The first kappa shape index (κ1) is 11.4. The van der Waals surface area contributed by atoms with E-state index in [0.717, 1.165) is 19.4 Å². The first-order valence-electron chi connectivity index (χ1n) is 5.78. The average molecular weight is 276 g/mol. The number of hydrogen-bond acceptors (Lipinski definition) is 2. The molecule has 1 saturated heterocycles. The summed E-state index contributed by atoms with van der Waals surface area (Å²) in [5.41, 5.74) is 0. The monoisotopic (exact) mass is 275 g/mol. The van der Waals surface area contributed by atoms with E-state index in [2.05, 4.69) is 21.2 Å². The first-order chi connectivity index (χ1) is 7.22. The third kappa shape index (κ3) is 2.72. The molecule has 3 nitrogen and oxygen atoms in total. The van der Waals surface area contributed by atoms with Crippen LogP contribution < -0.4 is 5.32 Å². The lowest BCUT2D eigenvalue weighted by molar-refractivity contribution is -0.121. The Kier molecular flexibility index (Phi) is 3.67. The second-order valence-corrected chi connectivity index (χ2v) is 5.56. The van der Waals surface area contributed by atoms with E-state index in [1.165, 1.54) is 12.8 Å². The van der Waals surface area contributed by atoms with Gasteiger partial charge in [0.15, 0.2) is 0 Å². The standard InChI is InChI=1S/C11H18BrNO2/c1-2-8(12)11(14)13-9-5-6-15-10(9)7-3-4-7/h7-10H,2-6H2,1H3,(H,13,14). The number of hydrogen-bond donors (Lipinski definition) is 1. The van der Waals surface area contributed by atoms with Crippen molar-refractivity contribution in [2.24, 2.45) is 5.92 Å². The van der Waals surface area contributed by atoms with Crippen LogP contribution in [0.15, 0.2) is 0 Å². The van der Waals surface area contributed by atoms with E-state index < -0.39 is 0 Å². The van der Waals surface area contributed by atoms with Crippen molar-refractivity contribution in [1.82, 2.24) is 5.32 Å². The molecule has 2 aliphatic rings. The minimum Gasteiger partial charge on any atom is -0.376 e. The van der Waals surface area contributed by atoms with Crippen LogP contribution in [0.1, 0.15) is 32.6 Å². The summed E-state index contributed by atoms with van der Waals surface area (Å²) in [7, 11) is 0. The van der Waals surface area contributed by atoms with Gasteiger partial charge in [0.2, 0.25) is 5.91 Å². The Morgan fingerprint density at radius 3 is 2.87 bits per heavy atom. The molecule has 1 amide bonds. The summed E-state index contributed by atoms with van der Waals surface area (Å²) in [4.78, 5) is 11.6. The minimum absolute atomic E-state index is 0.0575. The van der Waals surface area contributed by atoms with Gasteiger partial charge in [-0.2, -0.15) is 0 Å². The number of alkyl halides is 1. The van der Waals surface area contributed by atoms with Gasteiger partial charge in [-0.1, -0.05) is 22.9 Å². The van der Waals surface area contributed by atoms with Crippen molar-refractivity contribution in [2.45, 2.75) is 49.6 Å². The number of ether oxygens (including phenoxy) is 1. The van der Waals surface area contributed by atoms with Crippen LogP contribution in [-0.2, 0) is 9.53 Å². The molecular weight excluding hydrogens is 258 g/mol. The van der Waals surface area contributed by atoms with Crippen molar-refractivity contribution >= 4 is 21.8 Å². The SMILES string of the molecule is CCC(Br)C(=O)NC1CCOC1C1CC1. The topological polar surface area (TPSA) is 38.3 Å². The zero-order valence-electron chi connectivity index (χ0n) is 9.04. The molecule has 0 radical (unpaired) electrons. The van der Waals surface area contributed by atoms with Crippen LogP contribution in [0.4, 0.5) is 0 Å². The van der Waals surface area contributed by atoms with Crippen LogP contribution in [0, 0.1) is 5.92 Å². The van der Waals surface area contributed by atoms with Gasteiger partial charge in [-0.25, -0.2) is 0 Å². The maximum Gasteiger partial charge on any atom is 0.234 e. The van der Waals surface area contributed by atoms with Crippen LogP contribution in [0.3, 0.4) is 0 Å². The van der Waals surface area contributed by atoms with Gasteiger partial charge in [0.25, 0.3) is 0 Å². The molecule has 1 heterocycles. The van der Waals surface area contributed by atoms with Crippen molar-refractivity contribution in [1.29, 1.82) is 0 Å². The third-order valence-corrected chi connectivity index (χ3v) is 4.26. The van der Waals surface area contributed by atoms with Crippen LogP contribution in [-0.4, -0.2) is 29.5 Å². The smallest absolute Gasteiger partial charge is 0.234 e. The molecule has 15 heavy (non-hydrogen) atoms. The van der Waals surface area contributed by atoms with Crippen LogP contribution >= 0.6 is 15.9 Å². The summed E-state index contributed by atoms with van der Waals surface area (Å²) >= 11 is 3.37. The predicted molar refractivity (Wildman–Crippen MR) is 62.0 cm³/mol. The lowest BCUT2D eigenvalue weighted by atomic mass is 10.1. The van der Waals surface area contributed by atoms with Gasteiger partial charge in [-0.3, -0.25) is 4.79 Å². The van der Waals surface area contributed by atoms with Crippen LogP contribution in [0.2, 0.25) is 0 Å². The number of carbonyl (C=O) groups is 1. The van der Waals surface area contributed by atoms with E-state index in [1.807, 2.05) is 6.92 Å². The first-order valence-corrected chi connectivity index (χ1v) is 6.70. The Morgan fingerprint density at radius 2 is 2.27 bits per heavy atom. The van der Waals surface area contributed by atoms with Crippen molar-refractivity contribution in [3.05, 3.63) is 0 Å². The minimum atomic E-state index is -0.0575. The van der Waals surface area contributed by atoms with Crippen molar-refractivity contribution in [3.63, 3.8) is 0 Å². The number of halogens is 1. The molecule has 0 aromatic heterocycles. The van der Waals surface area contributed by atoms with Gasteiger partial charge < -0.3 is 10.1 Å². The highest BCUT2D eigenvalue weighted by molar-refractivity contribution is 9.10. The molecule has 0 bridgehead atoms. The van der Waals surface area contributed by atoms with Gasteiger partial charge in [0.05, 0.1) is 17.0 Å². The third-order valence-electron chi connectivity index (χ3n) is 3.19. The van der Waals surface area contributed by atoms with Gasteiger partial charge in [-0.05, 0) is 31.6 Å². The van der Waals surface area contributed by atoms with Crippen LogP contribution in [0.25, 0.3) is 0 Å². The summed E-state index contributed by atoms with van der Waals surface area (Å²) in [5.74, 6) is 0.812. The number of nitrogens with one attached hydrogen (secondary N) is 1. The molecule has 1 saturated carbocycles. The Hall–Kier alpha value is -0.0900. The molecule has 1 aliphatic heterocycles. The van der Waals surface area contributed by atoms with Gasteiger partial charge in [-0.15, -0.1) is 0 Å². The highest BCUT2D eigenvalue weighted by Gasteiger charge is 2.41. The van der Waals surface area contributed by atoms with E-state index in [-0.39, 0.29) is 22.9 Å². The van der Waals surface area contributed by atoms with Crippen molar-refractivity contribution < 1.29 is 9.53 Å². The van der Waals surface area contributed by atoms with Gasteiger partial charge in [0.1, 0.15) is 0 Å². The summed E-state index contributed by atoms with van der Waals surface area (Å²) < 4.78 is 5.67. The zero-order chi connectivity index (χ0) is 10.8. The number of amides is 1. The van der Waals surface area contributed by atoms with E-state index in [9.17, 15) is 4.79 Å². The molecule has 0 aromatic rings. The molecule has 3 atom stereocenters. The second-order valence-electron chi connectivity index (χ2n) is 4.45. The molecule has 2 rings (SSSR count). The fourth-order valence-electron chi connectivity index (χ4n) is 2.11. The Morgan fingerprint density at radius 1 is 1.53 bits per heavy atom. The molecular formula is C11H18BrNO2. The van der Waals surface area contributed by atoms with Gasteiger partial charge >= 0.3 is 0 Å². The highest BCUT2D eigenvalue weighted by atomic mass is 79.9. The quantitative estimate of drug-likeness (QED) is 0.796. The lowest BCUT2D eigenvalue weighted by Crippen LogP contribution is -2.44. The highest BCUT2D eigenvalue weighted by Crippen LogP contribution is 2.38. The molecule has 0 spiro atoms. The molecule has 3 unspecified atom stereocenters. The predicted octanol–water partition coefficient (Wildman–Crippen LogP) is 1.84. The number of carbonyl (C=O) groups excluding carboxylic acids is 1. The van der Waals surface area contributed by atoms with E-state index in [0.29, 0.717) is 5.92 Å². The molecule has 2 fully saturated rings. The molecule has 0 aromatic carbocycles. The van der Waals surface area contributed by atoms with Gasteiger partial charge in [0, 0.05) is 6.61 Å². The average Bonchev–Trinajstić information content (AvgIpc) is 2.99. The van der Waals surface area contributed by atoms with E-state index in [4.69, 9.17) is 4.74 Å². The molecule has 1 aliphatic carbocycles. The fraction of sp³-hybridized carbons (Fsp3) is 0.909.